The summed E-state index contributed by atoms with van der Waals surface area (Å²) in [7, 11) is 1.64. The molecule has 0 saturated heterocycles. The molecule has 0 unspecified atom stereocenters. The van der Waals surface area contributed by atoms with Crippen LogP contribution in [0.5, 0.6) is 5.75 Å². The summed E-state index contributed by atoms with van der Waals surface area (Å²) in [5.41, 5.74) is 1.13. The van der Waals surface area contributed by atoms with E-state index >= 15 is 0 Å². The zero-order chi connectivity index (χ0) is 13.4. The molecule has 1 N–H and O–H groups in total. The van der Waals surface area contributed by atoms with Crippen molar-refractivity contribution in [3.05, 3.63) is 28.2 Å². The van der Waals surface area contributed by atoms with Crippen molar-refractivity contribution in [3.63, 3.8) is 0 Å². The van der Waals surface area contributed by atoms with Crippen molar-refractivity contribution < 1.29 is 14.3 Å². The molecule has 0 bridgehead atoms. The van der Waals surface area contributed by atoms with Crippen molar-refractivity contribution >= 4 is 21.9 Å². The van der Waals surface area contributed by atoms with Crippen molar-refractivity contribution in [2.24, 2.45) is 0 Å². The normalized spacial score (nSPS) is 10.2. The maximum atomic E-state index is 11.1. The average molecular weight is 316 g/mol. The number of carbonyl (C=O) groups excluding carboxylic acids is 1. The smallest absolute Gasteiger partial charge is 0.307 e. The minimum absolute atomic E-state index is 0.166. The predicted molar refractivity (Wildman–Crippen MR) is 73.7 cm³/mol. The number of halogens is 1. The van der Waals surface area contributed by atoms with Gasteiger partial charge in [0, 0.05) is 13.1 Å². The predicted octanol–water partition coefficient (Wildman–Crippen LogP) is 2.50. The summed E-state index contributed by atoms with van der Waals surface area (Å²) in [6, 6.07) is 5.89. The minimum Gasteiger partial charge on any atom is -0.496 e. The van der Waals surface area contributed by atoms with E-state index in [0.29, 0.717) is 26.1 Å². The molecule has 5 heteroatoms. The first-order chi connectivity index (χ1) is 8.67. The lowest BCUT2D eigenvalue weighted by molar-refractivity contribution is -0.142. The van der Waals surface area contributed by atoms with Crippen LogP contribution in [0, 0.1) is 0 Å². The van der Waals surface area contributed by atoms with Crippen molar-refractivity contribution in [2.45, 2.75) is 19.9 Å². The fourth-order valence-electron chi connectivity index (χ4n) is 1.48. The molecule has 0 aliphatic carbocycles. The fraction of sp³-hybridized carbons (Fsp3) is 0.462. The zero-order valence-corrected chi connectivity index (χ0v) is 12.2. The van der Waals surface area contributed by atoms with E-state index in [1.54, 1.807) is 14.0 Å². The van der Waals surface area contributed by atoms with Gasteiger partial charge < -0.3 is 14.8 Å². The van der Waals surface area contributed by atoms with Crippen molar-refractivity contribution in [1.82, 2.24) is 5.32 Å². The molecule has 0 aliphatic heterocycles. The number of hydrogen-bond donors (Lipinski definition) is 1. The highest BCUT2D eigenvalue weighted by atomic mass is 79.9. The third kappa shape index (κ3) is 5.06. The highest BCUT2D eigenvalue weighted by Gasteiger charge is 2.03. The Morgan fingerprint density at radius 1 is 1.44 bits per heavy atom. The van der Waals surface area contributed by atoms with E-state index in [-0.39, 0.29) is 5.97 Å². The van der Waals surface area contributed by atoms with Crippen LogP contribution < -0.4 is 10.1 Å². The Hall–Kier alpha value is -1.07. The largest absolute Gasteiger partial charge is 0.496 e. The van der Waals surface area contributed by atoms with E-state index in [1.165, 1.54) is 0 Å². The maximum absolute atomic E-state index is 11.1. The molecule has 18 heavy (non-hydrogen) atoms. The SMILES string of the molecule is CCOC(=O)CCNCc1ccc(OC)c(Br)c1. The Kier molecular flexibility index (Phi) is 6.75. The second-order valence-electron chi connectivity index (χ2n) is 3.70. The quantitative estimate of drug-likeness (QED) is 0.620. The van der Waals surface area contributed by atoms with Gasteiger partial charge in [-0.1, -0.05) is 6.07 Å². The number of methoxy groups -OCH3 is 1. The second kappa shape index (κ2) is 8.11. The molecule has 0 aliphatic rings. The lowest BCUT2D eigenvalue weighted by atomic mass is 10.2. The molecule has 1 aromatic rings. The number of nitrogens with one attached hydrogen (secondary N) is 1. The van der Waals surface area contributed by atoms with Crippen LogP contribution in [0.25, 0.3) is 0 Å². The first-order valence-electron chi connectivity index (χ1n) is 5.86. The molecular formula is C13H18BrNO3. The Labute approximate surface area is 116 Å². The summed E-state index contributed by atoms with van der Waals surface area (Å²) in [5, 5.41) is 3.19. The molecule has 0 atom stereocenters. The van der Waals surface area contributed by atoms with Gasteiger partial charge in [0.15, 0.2) is 0 Å². The van der Waals surface area contributed by atoms with E-state index < -0.39 is 0 Å². The summed E-state index contributed by atoms with van der Waals surface area (Å²) >= 11 is 3.43. The molecule has 4 nitrogen and oxygen atoms in total. The van der Waals surface area contributed by atoms with E-state index in [0.717, 1.165) is 15.8 Å². The molecule has 0 amide bonds. The molecule has 1 aromatic carbocycles. The third-order valence-corrected chi connectivity index (χ3v) is 2.98. The maximum Gasteiger partial charge on any atom is 0.307 e. The molecule has 0 heterocycles. The van der Waals surface area contributed by atoms with Gasteiger partial charge >= 0.3 is 5.97 Å². The van der Waals surface area contributed by atoms with E-state index in [1.807, 2.05) is 18.2 Å². The van der Waals surface area contributed by atoms with Gasteiger partial charge in [-0.2, -0.15) is 0 Å². The Bertz CT molecular complexity index is 396. The number of ether oxygens (including phenoxy) is 2. The van der Waals surface area contributed by atoms with Crippen LogP contribution in [-0.4, -0.2) is 26.2 Å². The molecule has 0 saturated carbocycles. The number of benzene rings is 1. The summed E-state index contributed by atoms with van der Waals surface area (Å²) < 4.78 is 10.9. The number of hydrogen-bond acceptors (Lipinski definition) is 4. The van der Waals surface area contributed by atoms with Gasteiger partial charge in [0.25, 0.3) is 0 Å². The second-order valence-corrected chi connectivity index (χ2v) is 4.56. The van der Waals surface area contributed by atoms with Crippen LogP contribution in [0.4, 0.5) is 0 Å². The zero-order valence-electron chi connectivity index (χ0n) is 10.7. The monoisotopic (exact) mass is 315 g/mol. The molecule has 0 fully saturated rings. The van der Waals surface area contributed by atoms with Gasteiger partial charge in [-0.15, -0.1) is 0 Å². The molecule has 0 aromatic heterocycles. The first-order valence-corrected chi connectivity index (χ1v) is 6.65. The Morgan fingerprint density at radius 2 is 2.22 bits per heavy atom. The summed E-state index contributed by atoms with van der Waals surface area (Å²) in [6.45, 7) is 3.56. The molecule has 100 valence electrons. The lowest BCUT2D eigenvalue weighted by Crippen LogP contribution is -2.19. The van der Waals surface area contributed by atoms with Crippen LogP contribution in [0.3, 0.4) is 0 Å². The lowest BCUT2D eigenvalue weighted by Gasteiger charge is -2.07. The van der Waals surface area contributed by atoms with E-state index in [2.05, 4.69) is 21.2 Å². The first kappa shape index (κ1) is 15.0. The van der Waals surface area contributed by atoms with Gasteiger partial charge in [0.1, 0.15) is 5.75 Å². The topological polar surface area (TPSA) is 47.6 Å². The molecule has 1 rings (SSSR count). The Balaban J connectivity index is 2.31. The van der Waals surface area contributed by atoms with Gasteiger partial charge in [0.05, 0.1) is 24.6 Å². The van der Waals surface area contributed by atoms with Crippen LogP contribution >= 0.6 is 15.9 Å². The Morgan fingerprint density at radius 3 is 2.83 bits per heavy atom. The third-order valence-electron chi connectivity index (χ3n) is 2.36. The van der Waals surface area contributed by atoms with Gasteiger partial charge in [0.2, 0.25) is 0 Å². The number of rotatable bonds is 7. The van der Waals surface area contributed by atoms with Gasteiger partial charge in [-0.25, -0.2) is 0 Å². The highest BCUT2D eigenvalue weighted by molar-refractivity contribution is 9.10. The van der Waals surface area contributed by atoms with Crippen LogP contribution in [0.2, 0.25) is 0 Å². The van der Waals surface area contributed by atoms with Crippen LogP contribution in [0.15, 0.2) is 22.7 Å². The van der Waals surface area contributed by atoms with Crippen LogP contribution in [-0.2, 0) is 16.1 Å². The van der Waals surface area contributed by atoms with Gasteiger partial charge in [-0.3, -0.25) is 4.79 Å². The molecular weight excluding hydrogens is 298 g/mol. The van der Waals surface area contributed by atoms with Crippen molar-refractivity contribution in [2.75, 3.05) is 20.3 Å². The number of esters is 1. The molecule has 0 spiro atoms. The number of carbonyl (C=O) groups is 1. The van der Waals surface area contributed by atoms with E-state index in [9.17, 15) is 4.79 Å². The summed E-state index contributed by atoms with van der Waals surface area (Å²) in [5.74, 6) is 0.645. The van der Waals surface area contributed by atoms with Crippen molar-refractivity contribution in [1.29, 1.82) is 0 Å². The minimum atomic E-state index is -0.166. The van der Waals surface area contributed by atoms with Crippen molar-refractivity contribution in [3.8, 4) is 5.75 Å². The highest BCUT2D eigenvalue weighted by Crippen LogP contribution is 2.25. The summed E-state index contributed by atoms with van der Waals surface area (Å²) in [6.07, 6.45) is 0.394. The molecule has 0 radical (unpaired) electrons. The van der Waals surface area contributed by atoms with Gasteiger partial charge in [-0.05, 0) is 40.5 Å². The van der Waals surface area contributed by atoms with E-state index in [4.69, 9.17) is 9.47 Å². The fourth-order valence-corrected chi connectivity index (χ4v) is 2.06. The van der Waals surface area contributed by atoms with Crippen LogP contribution in [0.1, 0.15) is 18.9 Å². The standard InChI is InChI=1S/C13H18BrNO3/c1-3-18-13(16)6-7-15-9-10-4-5-12(17-2)11(14)8-10/h4-5,8,15H,3,6-7,9H2,1-2H3. The average Bonchev–Trinajstić information content (AvgIpc) is 2.35. The summed E-state index contributed by atoms with van der Waals surface area (Å²) in [4.78, 5) is 11.1.